The number of piperazine rings is 1. The molecule has 1 aromatic rings. The molecule has 0 radical (unpaired) electrons. The Labute approximate surface area is 196 Å². The number of likely N-dealkylation sites (tertiary alicyclic amines) is 1. The van der Waals surface area contributed by atoms with Crippen molar-refractivity contribution in [3.8, 4) is 5.75 Å². The van der Waals surface area contributed by atoms with Crippen molar-refractivity contribution >= 4 is 22.0 Å². The number of nitrogens with zero attached hydrogens (tertiary/aromatic N) is 3. The van der Waals surface area contributed by atoms with Gasteiger partial charge in [-0.3, -0.25) is 9.69 Å². The number of amides is 2. The van der Waals surface area contributed by atoms with E-state index in [1.54, 1.807) is 49.9 Å². The Kier molecular flexibility index (Phi) is 7.89. The van der Waals surface area contributed by atoms with Crippen LogP contribution in [0.3, 0.4) is 0 Å². The lowest BCUT2D eigenvalue weighted by atomic mass is 10.0. The maximum Gasteiger partial charge on any atom is 0.410 e. The van der Waals surface area contributed by atoms with Crippen LogP contribution in [0, 0.1) is 0 Å². The summed E-state index contributed by atoms with van der Waals surface area (Å²) in [6, 6.07) is 5.80. The second-order valence-electron chi connectivity index (χ2n) is 9.32. The first-order valence-electron chi connectivity index (χ1n) is 11.5. The number of benzene rings is 1. The first-order chi connectivity index (χ1) is 15.5. The molecule has 2 amide bonds. The van der Waals surface area contributed by atoms with Gasteiger partial charge in [0, 0.05) is 32.7 Å². The summed E-state index contributed by atoms with van der Waals surface area (Å²) in [5.74, 6) is 0.479. The van der Waals surface area contributed by atoms with Crippen molar-refractivity contribution < 1.29 is 27.5 Å². The number of hydrogen-bond donors (Lipinski definition) is 0. The highest BCUT2D eigenvalue weighted by Gasteiger charge is 2.39. The number of sulfonamides is 1. The summed E-state index contributed by atoms with van der Waals surface area (Å²) in [5.41, 5.74) is -0.636. The zero-order valence-electron chi connectivity index (χ0n) is 20.0. The number of piperidine rings is 1. The smallest absolute Gasteiger partial charge is 0.410 e. The molecule has 2 aliphatic rings. The predicted octanol–water partition coefficient (Wildman–Crippen LogP) is 2.71. The van der Waals surface area contributed by atoms with E-state index in [-0.39, 0.29) is 37.0 Å². The third-order valence-corrected chi connectivity index (χ3v) is 7.65. The van der Waals surface area contributed by atoms with Crippen LogP contribution in [0.1, 0.15) is 47.0 Å². The minimum absolute atomic E-state index is 0.140. The molecule has 0 aliphatic carbocycles. The topological polar surface area (TPSA) is 96.5 Å². The van der Waals surface area contributed by atoms with Gasteiger partial charge in [0.2, 0.25) is 15.9 Å². The number of rotatable bonds is 5. The molecule has 0 N–H and O–H groups in total. The lowest BCUT2D eigenvalue weighted by Gasteiger charge is -2.40. The molecule has 2 saturated heterocycles. The molecule has 1 aromatic carbocycles. The lowest BCUT2D eigenvalue weighted by molar-refractivity contribution is -0.139. The molecule has 0 saturated carbocycles. The van der Waals surface area contributed by atoms with Crippen LogP contribution in [0.25, 0.3) is 0 Å². The van der Waals surface area contributed by atoms with E-state index in [1.165, 1.54) is 9.21 Å². The standard InChI is InChI=1S/C23H35N3O6S/c1-5-31-18-9-11-19(12-10-18)33(29,30)25-16-14-24(15-17-25)21(27)20-8-6-7-13-26(20)22(28)32-23(2,3)4/h9-12,20H,5-8,13-17H2,1-4H3. The predicted molar refractivity (Wildman–Crippen MR) is 124 cm³/mol. The summed E-state index contributed by atoms with van der Waals surface area (Å²) in [6.07, 6.45) is 1.80. The summed E-state index contributed by atoms with van der Waals surface area (Å²) in [6.45, 7) is 9.25. The van der Waals surface area contributed by atoms with Gasteiger partial charge < -0.3 is 14.4 Å². The van der Waals surface area contributed by atoms with Gasteiger partial charge in [-0.15, -0.1) is 0 Å². The van der Waals surface area contributed by atoms with Crippen molar-refractivity contribution in [1.29, 1.82) is 0 Å². The molecule has 0 aromatic heterocycles. The Hall–Kier alpha value is -2.33. The van der Waals surface area contributed by atoms with Gasteiger partial charge in [-0.05, 0) is 71.2 Å². The van der Waals surface area contributed by atoms with Crippen LogP contribution >= 0.6 is 0 Å². The number of carbonyl (C=O) groups is 2. The van der Waals surface area contributed by atoms with Gasteiger partial charge in [0.1, 0.15) is 17.4 Å². The highest BCUT2D eigenvalue weighted by atomic mass is 32.2. The average Bonchev–Trinajstić information content (AvgIpc) is 2.78. The maximum absolute atomic E-state index is 13.3. The van der Waals surface area contributed by atoms with Crippen molar-refractivity contribution in [2.45, 2.75) is 63.5 Å². The van der Waals surface area contributed by atoms with Gasteiger partial charge >= 0.3 is 6.09 Å². The molecule has 33 heavy (non-hydrogen) atoms. The molecular formula is C23H35N3O6S. The Morgan fingerprint density at radius 3 is 2.21 bits per heavy atom. The van der Waals surface area contributed by atoms with Crippen LogP contribution < -0.4 is 4.74 Å². The Balaban J connectivity index is 1.63. The van der Waals surface area contributed by atoms with Crippen LogP contribution in [0.5, 0.6) is 5.75 Å². The first kappa shape index (κ1) is 25.3. The fourth-order valence-electron chi connectivity index (χ4n) is 4.11. The van der Waals surface area contributed by atoms with E-state index in [1.807, 2.05) is 6.92 Å². The quantitative estimate of drug-likeness (QED) is 0.642. The minimum Gasteiger partial charge on any atom is -0.494 e. The number of hydrogen-bond acceptors (Lipinski definition) is 6. The molecule has 184 valence electrons. The average molecular weight is 482 g/mol. The molecule has 2 heterocycles. The van der Waals surface area contributed by atoms with E-state index < -0.39 is 27.8 Å². The molecule has 10 heteroatoms. The second-order valence-corrected chi connectivity index (χ2v) is 11.3. The fraction of sp³-hybridized carbons (Fsp3) is 0.652. The fourth-order valence-corrected chi connectivity index (χ4v) is 5.53. The van der Waals surface area contributed by atoms with E-state index >= 15 is 0 Å². The molecular weight excluding hydrogens is 446 g/mol. The number of carbonyl (C=O) groups excluding carboxylic acids is 2. The molecule has 3 rings (SSSR count). The minimum atomic E-state index is -3.66. The molecule has 0 spiro atoms. The van der Waals surface area contributed by atoms with Gasteiger partial charge in [0.15, 0.2) is 0 Å². The zero-order chi connectivity index (χ0) is 24.2. The van der Waals surface area contributed by atoms with Crippen LogP contribution in [0.15, 0.2) is 29.2 Å². The first-order valence-corrected chi connectivity index (χ1v) is 13.0. The van der Waals surface area contributed by atoms with Crippen molar-refractivity contribution in [1.82, 2.24) is 14.1 Å². The zero-order valence-corrected chi connectivity index (χ0v) is 20.8. The molecule has 9 nitrogen and oxygen atoms in total. The van der Waals surface area contributed by atoms with Gasteiger partial charge in [0.05, 0.1) is 11.5 Å². The molecule has 2 fully saturated rings. The monoisotopic (exact) mass is 481 g/mol. The van der Waals surface area contributed by atoms with Gasteiger partial charge in [-0.1, -0.05) is 0 Å². The van der Waals surface area contributed by atoms with Crippen LogP contribution in [-0.4, -0.2) is 85.5 Å². The lowest BCUT2D eigenvalue weighted by Crippen LogP contribution is -2.58. The van der Waals surface area contributed by atoms with Crippen molar-refractivity contribution in [3.63, 3.8) is 0 Å². The van der Waals surface area contributed by atoms with Crippen molar-refractivity contribution in [2.24, 2.45) is 0 Å². The third kappa shape index (κ3) is 6.17. The summed E-state index contributed by atoms with van der Waals surface area (Å²) >= 11 is 0. The van der Waals surface area contributed by atoms with E-state index in [4.69, 9.17) is 9.47 Å². The van der Waals surface area contributed by atoms with Gasteiger partial charge in [-0.25, -0.2) is 13.2 Å². The summed E-state index contributed by atoms with van der Waals surface area (Å²) < 4.78 is 38.3. The second kappa shape index (κ2) is 10.3. The molecule has 1 atom stereocenters. The molecule has 0 bridgehead atoms. The summed E-state index contributed by atoms with van der Waals surface area (Å²) in [4.78, 5) is 29.3. The van der Waals surface area contributed by atoms with E-state index in [2.05, 4.69) is 0 Å². The van der Waals surface area contributed by atoms with Crippen LogP contribution in [-0.2, 0) is 19.6 Å². The third-order valence-electron chi connectivity index (χ3n) is 5.74. The van der Waals surface area contributed by atoms with E-state index in [0.29, 0.717) is 25.3 Å². The van der Waals surface area contributed by atoms with Gasteiger partial charge in [0.25, 0.3) is 0 Å². The van der Waals surface area contributed by atoms with Crippen LogP contribution in [0.4, 0.5) is 4.79 Å². The Morgan fingerprint density at radius 1 is 1.00 bits per heavy atom. The largest absolute Gasteiger partial charge is 0.494 e. The Bertz CT molecular complexity index is 934. The normalized spacial score (nSPS) is 20.4. The van der Waals surface area contributed by atoms with Gasteiger partial charge in [-0.2, -0.15) is 4.31 Å². The van der Waals surface area contributed by atoms with Crippen molar-refractivity contribution in [3.05, 3.63) is 24.3 Å². The summed E-state index contributed by atoms with van der Waals surface area (Å²) in [5, 5.41) is 0. The number of ether oxygens (including phenoxy) is 2. The highest BCUT2D eigenvalue weighted by molar-refractivity contribution is 7.89. The van der Waals surface area contributed by atoms with E-state index in [9.17, 15) is 18.0 Å². The Morgan fingerprint density at radius 2 is 1.64 bits per heavy atom. The van der Waals surface area contributed by atoms with Crippen LogP contribution in [0.2, 0.25) is 0 Å². The van der Waals surface area contributed by atoms with Crippen molar-refractivity contribution in [2.75, 3.05) is 39.3 Å². The summed E-state index contributed by atoms with van der Waals surface area (Å²) in [7, 11) is -3.66. The maximum atomic E-state index is 13.3. The molecule has 2 aliphatic heterocycles. The SMILES string of the molecule is CCOc1ccc(S(=O)(=O)N2CCN(C(=O)C3CCCCN3C(=O)OC(C)(C)C)CC2)cc1. The van der Waals surface area contributed by atoms with E-state index in [0.717, 1.165) is 12.8 Å². The molecule has 1 unspecified atom stereocenters. The highest BCUT2D eigenvalue weighted by Crippen LogP contribution is 2.24.